The highest BCUT2D eigenvalue weighted by molar-refractivity contribution is 6.19. The normalized spacial score (nSPS) is 15.6. The van der Waals surface area contributed by atoms with Crippen LogP contribution in [0.4, 0.5) is 0 Å². The smallest absolute Gasteiger partial charge is 0.348 e. The number of hydrogen-bond acceptors (Lipinski definition) is 6. The summed E-state index contributed by atoms with van der Waals surface area (Å²) < 4.78 is 17.3. The lowest BCUT2D eigenvalue weighted by Crippen LogP contribution is -2.41. The predicted octanol–water partition coefficient (Wildman–Crippen LogP) is 3.49. The molecule has 2 aromatic rings. The van der Waals surface area contributed by atoms with Gasteiger partial charge in [0.05, 0.1) is 12.2 Å². The first-order chi connectivity index (χ1) is 13.6. The summed E-state index contributed by atoms with van der Waals surface area (Å²) in [5, 5.41) is 0. The summed E-state index contributed by atoms with van der Waals surface area (Å²) in [6.45, 7) is 8.87. The van der Waals surface area contributed by atoms with Gasteiger partial charge in [0.1, 0.15) is 5.57 Å². The predicted molar refractivity (Wildman–Crippen MR) is 105 cm³/mol. The van der Waals surface area contributed by atoms with Gasteiger partial charge < -0.3 is 18.8 Å². The van der Waals surface area contributed by atoms with Crippen LogP contribution in [0.1, 0.15) is 48.1 Å². The summed E-state index contributed by atoms with van der Waals surface area (Å²) in [7, 11) is 0. The number of nitrogens with zero attached hydrogens (tertiary/aromatic N) is 1. The van der Waals surface area contributed by atoms with Crippen LogP contribution in [0.25, 0.3) is 11.8 Å². The van der Waals surface area contributed by atoms with Crippen molar-refractivity contribution in [2.24, 2.45) is 0 Å². The number of carbonyl (C=O) groups excluding carboxylic acids is 3. The van der Waals surface area contributed by atoms with E-state index in [1.807, 2.05) is 36.6 Å². The molecule has 1 aliphatic rings. The van der Waals surface area contributed by atoms with Crippen LogP contribution < -0.4 is 0 Å². The van der Waals surface area contributed by atoms with Crippen molar-refractivity contribution in [3.63, 3.8) is 0 Å². The number of esters is 3. The van der Waals surface area contributed by atoms with Gasteiger partial charge in [-0.25, -0.2) is 14.4 Å². The Balaban J connectivity index is 1.94. The molecule has 1 aliphatic heterocycles. The Labute approximate surface area is 168 Å². The van der Waals surface area contributed by atoms with Gasteiger partial charge in [-0.2, -0.15) is 0 Å². The number of aryl methyl sites for hydroxylation is 1. The lowest BCUT2D eigenvalue weighted by Gasteiger charge is -2.29. The van der Waals surface area contributed by atoms with Gasteiger partial charge in [0.2, 0.25) is 0 Å². The summed E-state index contributed by atoms with van der Waals surface area (Å²) in [5.41, 5.74) is 3.58. The summed E-state index contributed by atoms with van der Waals surface area (Å²) in [6, 6.07) is 8.89. The zero-order chi connectivity index (χ0) is 21.3. The summed E-state index contributed by atoms with van der Waals surface area (Å²) in [4.78, 5) is 36.3. The van der Waals surface area contributed by atoms with E-state index < -0.39 is 17.7 Å². The van der Waals surface area contributed by atoms with Gasteiger partial charge >= 0.3 is 17.9 Å². The van der Waals surface area contributed by atoms with Gasteiger partial charge in [-0.1, -0.05) is 0 Å². The Morgan fingerprint density at radius 2 is 1.69 bits per heavy atom. The van der Waals surface area contributed by atoms with Crippen molar-refractivity contribution in [1.29, 1.82) is 0 Å². The Kier molecular flexibility index (Phi) is 5.33. The van der Waals surface area contributed by atoms with E-state index in [2.05, 4.69) is 0 Å². The molecule has 0 N–H and O–H groups in total. The van der Waals surface area contributed by atoms with Gasteiger partial charge in [0.25, 0.3) is 5.79 Å². The Bertz CT molecular complexity index is 989. The van der Waals surface area contributed by atoms with E-state index in [1.54, 1.807) is 19.1 Å². The minimum Gasteiger partial charge on any atom is -0.462 e. The zero-order valence-corrected chi connectivity index (χ0v) is 17.1. The van der Waals surface area contributed by atoms with Crippen LogP contribution in [-0.2, 0) is 23.8 Å². The first-order valence-electron chi connectivity index (χ1n) is 9.28. The molecule has 7 nitrogen and oxygen atoms in total. The molecule has 1 aromatic heterocycles. The van der Waals surface area contributed by atoms with Crippen molar-refractivity contribution in [1.82, 2.24) is 4.57 Å². The number of cyclic esters (lactones) is 2. The molecule has 3 rings (SSSR count). The van der Waals surface area contributed by atoms with Crippen LogP contribution in [0.5, 0.6) is 0 Å². The summed E-state index contributed by atoms with van der Waals surface area (Å²) in [5.74, 6) is -3.07. The van der Waals surface area contributed by atoms with E-state index in [4.69, 9.17) is 14.2 Å². The quantitative estimate of drug-likeness (QED) is 0.446. The maximum Gasteiger partial charge on any atom is 0.348 e. The monoisotopic (exact) mass is 397 g/mol. The third-order valence-corrected chi connectivity index (χ3v) is 4.52. The number of hydrogen-bond donors (Lipinski definition) is 0. The van der Waals surface area contributed by atoms with Crippen LogP contribution in [0.3, 0.4) is 0 Å². The molecule has 29 heavy (non-hydrogen) atoms. The fourth-order valence-corrected chi connectivity index (χ4v) is 3.23. The fraction of sp³-hybridized carbons (Fsp3) is 0.318. The number of aromatic nitrogens is 1. The number of benzene rings is 1. The Morgan fingerprint density at radius 3 is 2.24 bits per heavy atom. The molecule has 0 spiro atoms. The van der Waals surface area contributed by atoms with Gasteiger partial charge in [-0.3, -0.25) is 0 Å². The topological polar surface area (TPSA) is 83.8 Å². The molecule has 0 bridgehead atoms. The minimum atomic E-state index is -1.27. The van der Waals surface area contributed by atoms with Gasteiger partial charge in [0, 0.05) is 30.9 Å². The summed E-state index contributed by atoms with van der Waals surface area (Å²) >= 11 is 0. The molecule has 0 saturated carbocycles. The molecule has 2 heterocycles. The number of ether oxygens (including phenoxy) is 3. The first kappa shape index (κ1) is 20.4. The third kappa shape index (κ3) is 4.08. The van der Waals surface area contributed by atoms with Crippen molar-refractivity contribution in [2.45, 2.75) is 40.4 Å². The average molecular weight is 397 g/mol. The molecule has 0 amide bonds. The van der Waals surface area contributed by atoms with E-state index in [1.165, 1.54) is 19.9 Å². The van der Waals surface area contributed by atoms with Crippen molar-refractivity contribution < 1.29 is 28.6 Å². The van der Waals surface area contributed by atoms with E-state index in [-0.39, 0.29) is 11.5 Å². The fourth-order valence-electron chi connectivity index (χ4n) is 3.23. The SMILES string of the molecule is CCOC(=O)c1ccc(-n2c(C)cc(C=C3C(=O)OC(C)(C)OC3=O)c2C)cc1. The molecule has 1 saturated heterocycles. The molecular weight excluding hydrogens is 374 g/mol. The van der Waals surface area contributed by atoms with Gasteiger partial charge in [-0.15, -0.1) is 0 Å². The first-order valence-corrected chi connectivity index (χ1v) is 9.28. The molecule has 0 atom stereocenters. The van der Waals surface area contributed by atoms with E-state index in [0.29, 0.717) is 17.7 Å². The van der Waals surface area contributed by atoms with E-state index in [9.17, 15) is 14.4 Å². The van der Waals surface area contributed by atoms with Crippen molar-refractivity contribution >= 4 is 24.0 Å². The average Bonchev–Trinajstić information content (AvgIpc) is 2.91. The van der Waals surface area contributed by atoms with Crippen molar-refractivity contribution in [2.75, 3.05) is 6.61 Å². The summed E-state index contributed by atoms with van der Waals surface area (Å²) in [6.07, 6.45) is 1.48. The lowest BCUT2D eigenvalue weighted by molar-refractivity contribution is -0.222. The van der Waals surface area contributed by atoms with Crippen LogP contribution in [0.15, 0.2) is 35.9 Å². The van der Waals surface area contributed by atoms with Crippen molar-refractivity contribution in [3.05, 3.63) is 58.4 Å². The third-order valence-electron chi connectivity index (χ3n) is 4.52. The molecule has 0 aliphatic carbocycles. The largest absolute Gasteiger partial charge is 0.462 e. The standard InChI is InChI=1S/C22H23NO6/c1-6-27-19(24)15-7-9-17(10-8-15)23-13(2)11-16(14(23)3)12-18-20(25)28-22(4,5)29-21(18)26/h7-12H,6H2,1-5H3. The number of carbonyl (C=O) groups is 3. The van der Waals surface area contributed by atoms with Gasteiger partial charge in [0.15, 0.2) is 0 Å². The second-order valence-corrected chi connectivity index (χ2v) is 7.17. The van der Waals surface area contributed by atoms with Crippen LogP contribution in [0.2, 0.25) is 0 Å². The highest BCUT2D eigenvalue weighted by Crippen LogP contribution is 2.27. The molecule has 1 aromatic carbocycles. The molecule has 1 fully saturated rings. The molecular formula is C22H23NO6. The highest BCUT2D eigenvalue weighted by atomic mass is 16.7. The Hall–Kier alpha value is -3.35. The highest BCUT2D eigenvalue weighted by Gasteiger charge is 2.39. The second-order valence-electron chi connectivity index (χ2n) is 7.17. The van der Waals surface area contributed by atoms with E-state index in [0.717, 1.165) is 17.1 Å². The van der Waals surface area contributed by atoms with E-state index >= 15 is 0 Å². The minimum absolute atomic E-state index is 0.151. The van der Waals surface area contributed by atoms with Crippen LogP contribution >= 0.6 is 0 Å². The maximum atomic E-state index is 12.2. The van der Waals surface area contributed by atoms with Crippen LogP contribution in [0, 0.1) is 13.8 Å². The Morgan fingerprint density at radius 1 is 1.10 bits per heavy atom. The molecule has 152 valence electrons. The van der Waals surface area contributed by atoms with Crippen LogP contribution in [-0.4, -0.2) is 34.9 Å². The van der Waals surface area contributed by atoms with Crippen molar-refractivity contribution in [3.8, 4) is 5.69 Å². The zero-order valence-electron chi connectivity index (χ0n) is 17.1. The molecule has 0 radical (unpaired) electrons. The lowest BCUT2D eigenvalue weighted by atomic mass is 10.1. The molecule has 0 unspecified atom stereocenters. The second kappa shape index (κ2) is 7.58. The number of rotatable bonds is 4. The maximum absolute atomic E-state index is 12.2. The van der Waals surface area contributed by atoms with Gasteiger partial charge in [-0.05, 0) is 62.7 Å². The molecule has 7 heteroatoms.